The first-order chi connectivity index (χ1) is 9.69. The van der Waals surface area contributed by atoms with Gasteiger partial charge in [0.05, 0.1) is 12.4 Å². The second-order valence-corrected chi connectivity index (χ2v) is 6.38. The van der Waals surface area contributed by atoms with E-state index in [1.54, 1.807) is 18.9 Å². The van der Waals surface area contributed by atoms with Crippen LogP contribution in [-0.2, 0) is 4.79 Å². The number of benzene rings is 1. The number of ether oxygens (including phenoxy) is 1. The normalized spacial score (nSPS) is 17.5. The maximum Gasteiger partial charge on any atom is 0.233 e. The summed E-state index contributed by atoms with van der Waals surface area (Å²) >= 11 is 1.58. The molecule has 0 spiro atoms. The Kier molecular flexibility index (Phi) is 5.73. The van der Waals surface area contributed by atoms with Crippen LogP contribution >= 0.6 is 11.8 Å². The molecule has 1 heterocycles. The molecule has 1 amide bonds. The minimum absolute atomic E-state index is 0.0849. The summed E-state index contributed by atoms with van der Waals surface area (Å²) in [5.41, 5.74) is 0. The Hall–Kier alpha value is -1.20. The maximum atomic E-state index is 12.2. The molecule has 1 aromatic carbocycles. The molecule has 1 unspecified atom stereocenters. The van der Waals surface area contributed by atoms with E-state index in [1.807, 2.05) is 31.2 Å². The maximum absolute atomic E-state index is 12.2. The number of carbonyl (C=O) groups is 1. The lowest BCUT2D eigenvalue weighted by atomic mass is 10.1. The predicted octanol–water partition coefficient (Wildman–Crippen LogP) is 2.04. The van der Waals surface area contributed by atoms with E-state index in [4.69, 9.17) is 4.74 Å². The van der Waals surface area contributed by atoms with Gasteiger partial charge < -0.3 is 15.4 Å². The molecule has 0 aromatic heterocycles. The van der Waals surface area contributed by atoms with Crippen LogP contribution < -0.4 is 15.4 Å². The van der Waals surface area contributed by atoms with E-state index in [1.165, 1.54) is 0 Å². The van der Waals surface area contributed by atoms with Crippen LogP contribution in [0.15, 0.2) is 29.2 Å². The molecule has 4 nitrogen and oxygen atoms in total. The number of nitrogens with one attached hydrogen (secondary N) is 2. The van der Waals surface area contributed by atoms with Crippen LogP contribution in [-0.4, -0.2) is 37.4 Å². The first kappa shape index (κ1) is 15.2. The largest absolute Gasteiger partial charge is 0.497 e. The summed E-state index contributed by atoms with van der Waals surface area (Å²) in [6.07, 6.45) is 2.04. The molecule has 0 saturated carbocycles. The highest BCUT2D eigenvalue weighted by molar-refractivity contribution is 8.00. The van der Waals surface area contributed by atoms with Crippen molar-refractivity contribution in [2.75, 3.05) is 20.2 Å². The lowest BCUT2D eigenvalue weighted by Gasteiger charge is -2.25. The highest BCUT2D eigenvalue weighted by atomic mass is 32.2. The Morgan fingerprint density at radius 1 is 1.35 bits per heavy atom. The van der Waals surface area contributed by atoms with Gasteiger partial charge in [-0.3, -0.25) is 4.79 Å². The number of carbonyl (C=O) groups excluding carboxylic acids is 1. The third-order valence-corrected chi connectivity index (χ3v) is 4.54. The van der Waals surface area contributed by atoms with E-state index in [9.17, 15) is 4.79 Å². The molecule has 1 atom stereocenters. The van der Waals surface area contributed by atoms with Crippen molar-refractivity contribution >= 4 is 17.7 Å². The Morgan fingerprint density at radius 2 is 2.00 bits per heavy atom. The molecule has 1 fully saturated rings. The third kappa shape index (κ3) is 4.42. The number of hydrogen-bond donors (Lipinski definition) is 2. The Labute approximate surface area is 124 Å². The summed E-state index contributed by atoms with van der Waals surface area (Å²) in [5, 5.41) is 6.35. The van der Waals surface area contributed by atoms with Gasteiger partial charge in [-0.1, -0.05) is 0 Å². The third-order valence-electron chi connectivity index (χ3n) is 3.43. The number of amides is 1. The van der Waals surface area contributed by atoms with Gasteiger partial charge in [0.2, 0.25) is 5.91 Å². The number of piperidine rings is 1. The van der Waals surface area contributed by atoms with Crippen molar-refractivity contribution in [3.8, 4) is 5.75 Å². The molecule has 1 saturated heterocycles. The molecule has 1 aliphatic rings. The van der Waals surface area contributed by atoms with Crippen molar-refractivity contribution in [1.82, 2.24) is 10.6 Å². The molecule has 110 valence electrons. The van der Waals surface area contributed by atoms with Crippen molar-refractivity contribution in [3.63, 3.8) is 0 Å². The Bertz CT molecular complexity index is 430. The molecule has 0 radical (unpaired) electrons. The van der Waals surface area contributed by atoms with Gasteiger partial charge in [-0.25, -0.2) is 0 Å². The minimum Gasteiger partial charge on any atom is -0.497 e. The number of hydrogen-bond acceptors (Lipinski definition) is 4. The first-order valence-corrected chi connectivity index (χ1v) is 7.89. The molecule has 20 heavy (non-hydrogen) atoms. The average Bonchev–Trinajstić information content (AvgIpc) is 2.49. The molecule has 0 bridgehead atoms. The molecule has 1 aliphatic heterocycles. The van der Waals surface area contributed by atoms with Crippen LogP contribution in [0.2, 0.25) is 0 Å². The highest BCUT2D eigenvalue weighted by Crippen LogP contribution is 2.25. The van der Waals surface area contributed by atoms with Crippen LogP contribution in [0, 0.1) is 0 Å². The molecular formula is C15H22N2O2S. The number of methoxy groups -OCH3 is 1. The van der Waals surface area contributed by atoms with Crippen molar-refractivity contribution in [3.05, 3.63) is 24.3 Å². The van der Waals surface area contributed by atoms with Gasteiger partial charge in [0.15, 0.2) is 0 Å². The van der Waals surface area contributed by atoms with Crippen molar-refractivity contribution < 1.29 is 9.53 Å². The van der Waals surface area contributed by atoms with Crippen LogP contribution in [0.1, 0.15) is 19.8 Å². The van der Waals surface area contributed by atoms with E-state index < -0.39 is 0 Å². The molecule has 2 N–H and O–H groups in total. The van der Waals surface area contributed by atoms with Gasteiger partial charge >= 0.3 is 0 Å². The molecule has 0 aliphatic carbocycles. The van der Waals surface area contributed by atoms with E-state index in [2.05, 4.69) is 10.6 Å². The summed E-state index contributed by atoms with van der Waals surface area (Å²) in [6, 6.07) is 8.12. The predicted molar refractivity (Wildman–Crippen MR) is 82.3 cm³/mol. The fraction of sp³-hybridized carbons (Fsp3) is 0.533. The topological polar surface area (TPSA) is 50.4 Å². The quantitative estimate of drug-likeness (QED) is 0.816. The summed E-state index contributed by atoms with van der Waals surface area (Å²) in [6.45, 7) is 3.93. The van der Waals surface area contributed by atoms with Crippen molar-refractivity contribution in [2.24, 2.45) is 0 Å². The lowest BCUT2D eigenvalue weighted by molar-refractivity contribution is -0.121. The first-order valence-electron chi connectivity index (χ1n) is 7.01. The Morgan fingerprint density at radius 3 is 2.60 bits per heavy atom. The fourth-order valence-electron chi connectivity index (χ4n) is 2.20. The van der Waals surface area contributed by atoms with Gasteiger partial charge in [-0.05, 0) is 57.1 Å². The van der Waals surface area contributed by atoms with Gasteiger partial charge in [-0.2, -0.15) is 0 Å². The number of thioether (sulfide) groups is 1. The zero-order valence-electron chi connectivity index (χ0n) is 12.0. The zero-order chi connectivity index (χ0) is 14.4. The Balaban J connectivity index is 1.83. The standard InChI is InChI=1S/C15H22N2O2S/c1-11(15(18)17-12-7-9-16-10-8-12)20-14-5-3-13(19-2)4-6-14/h3-6,11-12,16H,7-10H2,1-2H3,(H,17,18). The highest BCUT2D eigenvalue weighted by Gasteiger charge is 2.20. The van der Waals surface area contributed by atoms with E-state index in [-0.39, 0.29) is 11.2 Å². The minimum atomic E-state index is -0.0849. The SMILES string of the molecule is COc1ccc(SC(C)C(=O)NC2CCNCC2)cc1. The number of rotatable bonds is 5. The van der Waals surface area contributed by atoms with E-state index >= 15 is 0 Å². The van der Waals surface area contributed by atoms with Crippen molar-refractivity contribution in [1.29, 1.82) is 0 Å². The second kappa shape index (κ2) is 7.55. The van der Waals surface area contributed by atoms with Gasteiger partial charge in [-0.15, -0.1) is 11.8 Å². The summed E-state index contributed by atoms with van der Waals surface area (Å²) in [7, 11) is 1.65. The summed E-state index contributed by atoms with van der Waals surface area (Å²) in [4.78, 5) is 13.2. The van der Waals surface area contributed by atoms with Crippen LogP contribution in [0.3, 0.4) is 0 Å². The average molecular weight is 294 g/mol. The molecular weight excluding hydrogens is 272 g/mol. The molecule has 2 rings (SSSR count). The van der Waals surface area contributed by atoms with Gasteiger partial charge in [0.1, 0.15) is 5.75 Å². The monoisotopic (exact) mass is 294 g/mol. The van der Waals surface area contributed by atoms with E-state index in [0.717, 1.165) is 36.6 Å². The molecule has 5 heteroatoms. The van der Waals surface area contributed by atoms with Gasteiger partial charge in [0, 0.05) is 10.9 Å². The smallest absolute Gasteiger partial charge is 0.233 e. The summed E-state index contributed by atoms with van der Waals surface area (Å²) in [5.74, 6) is 0.957. The van der Waals surface area contributed by atoms with Crippen LogP contribution in [0.4, 0.5) is 0 Å². The van der Waals surface area contributed by atoms with Crippen LogP contribution in [0.5, 0.6) is 5.75 Å². The van der Waals surface area contributed by atoms with Crippen molar-refractivity contribution in [2.45, 2.75) is 36.0 Å². The van der Waals surface area contributed by atoms with Gasteiger partial charge in [0.25, 0.3) is 0 Å². The fourth-order valence-corrected chi connectivity index (χ4v) is 3.07. The second-order valence-electron chi connectivity index (χ2n) is 4.97. The molecule has 1 aromatic rings. The van der Waals surface area contributed by atoms with E-state index in [0.29, 0.717) is 6.04 Å². The zero-order valence-corrected chi connectivity index (χ0v) is 12.8. The van der Waals surface area contributed by atoms with Crippen LogP contribution in [0.25, 0.3) is 0 Å². The lowest BCUT2D eigenvalue weighted by Crippen LogP contribution is -2.45. The summed E-state index contributed by atoms with van der Waals surface area (Å²) < 4.78 is 5.13.